The first kappa shape index (κ1) is 24.9. The van der Waals surface area contributed by atoms with Crippen LogP contribution in [0.15, 0.2) is 102 Å². The number of carbonyl (C=O) groups excluding carboxylic acids is 2. The maximum absolute atomic E-state index is 13.3. The standard InChI is InChI=1S/C28H22Cl2N2O2S/c1-18-13-14-23(17-25(18)30)32-28(34)26(19-7-3-2-4-8-19)35-24-12-6-11-22(16-24)31-27(33)20-9-5-10-21(29)15-20/h2-17,26H,1H3,(H,31,33)(H,32,34). The van der Waals surface area contributed by atoms with Gasteiger partial charge >= 0.3 is 0 Å². The predicted octanol–water partition coefficient (Wildman–Crippen LogP) is 8.03. The minimum Gasteiger partial charge on any atom is -0.325 e. The molecule has 1 unspecified atom stereocenters. The van der Waals surface area contributed by atoms with Crippen LogP contribution in [-0.2, 0) is 4.79 Å². The van der Waals surface area contributed by atoms with Crippen LogP contribution in [0.25, 0.3) is 0 Å². The summed E-state index contributed by atoms with van der Waals surface area (Å²) in [6, 6.07) is 29.2. The number of hydrogen-bond donors (Lipinski definition) is 2. The number of benzene rings is 4. The van der Waals surface area contributed by atoms with Gasteiger partial charge in [-0.05, 0) is 66.6 Å². The third-order valence-corrected chi connectivity index (χ3v) is 7.10. The van der Waals surface area contributed by atoms with E-state index in [4.69, 9.17) is 23.2 Å². The van der Waals surface area contributed by atoms with E-state index in [-0.39, 0.29) is 11.8 Å². The van der Waals surface area contributed by atoms with E-state index in [1.807, 2.05) is 67.6 Å². The first-order valence-corrected chi connectivity index (χ1v) is 12.5. The monoisotopic (exact) mass is 520 g/mol. The zero-order chi connectivity index (χ0) is 24.8. The molecule has 0 aliphatic carbocycles. The van der Waals surface area contributed by atoms with Gasteiger partial charge in [-0.25, -0.2) is 0 Å². The van der Waals surface area contributed by atoms with Gasteiger partial charge in [0, 0.05) is 31.9 Å². The summed E-state index contributed by atoms with van der Waals surface area (Å²) in [4.78, 5) is 26.8. The molecule has 4 nitrogen and oxygen atoms in total. The molecular formula is C28H22Cl2N2O2S. The summed E-state index contributed by atoms with van der Waals surface area (Å²) in [5.41, 5.74) is 3.53. The zero-order valence-corrected chi connectivity index (χ0v) is 21.1. The first-order chi connectivity index (χ1) is 16.9. The van der Waals surface area contributed by atoms with Crippen LogP contribution in [0, 0.1) is 6.92 Å². The number of halogens is 2. The van der Waals surface area contributed by atoms with Crippen molar-refractivity contribution >= 4 is 58.2 Å². The number of nitrogens with one attached hydrogen (secondary N) is 2. The molecular weight excluding hydrogens is 499 g/mol. The number of hydrogen-bond acceptors (Lipinski definition) is 3. The van der Waals surface area contributed by atoms with Crippen LogP contribution in [0.4, 0.5) is 11.4 Å². The fourth-order valence-corrected chi connectivity index (χ4v) is 4.85. The van der Waals surface area contributed by atoms with Crippen molar-refractivity contribution < 1.29 is 9.59 Å². The summed E-state index contributed by atoms with van der Waals surface area (Å²) in [5.74, 6) is -0.433. The Kier molecular flexibility index (Phi) is 8.13. The van der Waals surface area contributed by atoms with Crippen LogP contribution in [0.2, 0.25) is 10.0 Å². The molecule has 1 atom stereocenters. The highest BCUT2D eigenvalue weighted by atomic mass is 35.5. The average molecular weight is 521 g/mol. The molecule has 0 aliphatic rings. The van der Waals surface area contributed by atoms with Crippen LogP contribution in [-0.4, -0.2) is 11.8 Å². The molecule has 0 aliphatic heterocycles. The zero-order valence-electron chi connectivity index (χ0n) is 18.8. The van der Waals surface area contributed by atoms with E-state index in [0.717, 1.165) is 16.0 Å². The van der Waals surface area contributed by atoms with E-state index in [1.54, 1.807) is 36.4 Å². The van der Waals surface area contributed by atoms with Crippen molar-refractivity contribution in [3.8, 4) is 0 Å². The SMILES string of the molecule is Cc1ccc(NC(=O)C(Sc2cccc(NC(=O)c3cccc(Cl)c3)c2)c2ccccc2)cc1Cl. The van der Waals surface area contributed by atoms with Crippen molar-refractivity contribution in [3.63, 3.8) is 0 Å². The lowest BCUT2D eigenvalue weighted by molar-refractivity contribution is -0.115. The Bertz CT molecular complexity index is 1360. The molecule has 0 bridgehead atoms. The minimum absolute atomic E-state index is 0.172. The molecule has 0 heterocycles. The number of amides is 2. The van der Waals surface area contributed by atoms with Gasteiger partial charge in [-0.2, -0.15) is 0 Å². The van der Waals surface area contributed by atoms with Crippen molar-refractivity contribution in [2.45, 2.75) is 17.1 Å². The number of carbonyl (C=O) groups is 2. The van der Waals surface area contributed by atoms with Gasteiger partial charge in [0.2, 0.25) is 5.91 Å². The number of thioether (sulfide) groups is 1. The van der Waals surface area contributed by atoms with Gasteiger partial charge in [0.25, 0.3) is 5.91 Å². The van der Waals surface area contributed by atoms with Crippen molar-refractivity contribution in [1.82, 2.24) is 0 Å². The molecule has 0 radical (unpaired) electrons. The van der Waals surface area contributed by atoms with Gasteiger partial charge in [-0.1, -0.05) is 71.7 Å². The van der Waals surface area contributed by atoms with Crippen molar-refractivity contribution in [1.29, 1.82) is 0 Å². The van der Waals surface area contributed by atoms with Crippen molar-refractivity contribution in [2.24, 2.45) is 0 Å². The molecule has 7 heteroatoms. The average Bonchev–Trinajstić information content (AvgIpc) is 2.85. The third-order valence-electron chi connectivity index (χ3n) is 5.21. The summed E-state index contributed by atoms with van der Waals surface area (Å²) in [6.07, 6.45) is 0. The highest BCUT2D eigenvalue weighted by Crippen LogP contribution is 2.37. The molecule has 35 heavy (non-hydrogen) atoms. The van der Waals surface area contributed by atoms with Crippen molar-refractivity contribution in [3.05, 3.63) is 124 Å². The van der Waals surface area contributed by atoms with E-state index < -0.39 is 5.25 Å². The molecule has 2 N–H and O–H groups in total. The van der Waals surface area contributed by atoms with Crippen molar-refractivity contribution in [2.75, 3.05) is 10.6 Å². The maximum atomic E-state index is 13.3. The van der Waals surface area contributed by atoms with Crippen LogP contribution in [0.1, 0.15) is 26.7 Å². The fourth-order valence-electron chi connectivity index (χ4n) is 3.40. The van der Waals surface area contributed by atoms with Crippen LogP contribution >= 0.6 is 35.0 Å². The van der Waals surface area contributed by atoms with Crippen LogP contribution < -0.4 is 10.6 Å². The Morgan fingerprint density at radius 1 is 0.771 bits per heavy atom. The van der Waals surface area contributed by atoms with Crippen LogP contribution in [0.5, 0.6) is 0 Å². The molecule has 4 aromatic rings. The number of aryl methyl sites for hydroxylation is 1. The molecule has 0 fully saturated rings. The Morgan fingerprint density at radius 3 is 2.26 bits per heavy atom. The predicted molar refractivity (Wildman–Crippen MR) is 146 cm³/mol. The highest BCUT2D eigenvalue weighted by Gasteiger charge is 2.22. The number of rotatable bonds is 7. The first-order valence-electron chi connectivity index (χ1n) is 10.8. The lowest BCUT2D eigenvalue weighted by Gasteiger charge is -2.18. The van der Waals surface area contributed by atoms with E-state index in [1.165, 1.54) is 11.8 Å². The molecule has 0 spiro atoms. The summed E-state index contributed by atoms with van der Waals surface area (Å²) in [5, 5.41) is 6.44. The summed E-state index contributed by atoms with van der Waals surface area (Å²) in [6.45, 7) is 1.91. The molecule has 0 saturated heterocycles. The summed E-state index contributed by atoms with van der Waals surface area (Å²) >= 11 is 13.6. The Balaban J connectivity index is 1.54. The van der Waals surface area contributed by atoms with Gasteiger partial charge < -0.3 is 10.6 Å². The second-order valence-electron chi connectivity index (χ2n) is 7.85. The number of anilines is 2. The van der Waals surface area contributed by atoms with Gasteiger partial charge in [0.15, 0.2) is 0 Å². The van der Waals surface area contributed by atoms with E-state index in [9.17, 15) is 9.59 Å². The molecule has 176 valence electrons. The Morgan fingerprint density at radius 2 is 1.51 bits per heavy atom. The quantitative estimate of drug-likeness (QED) is 0.242. The smallest absolute Gasteiger partial charge is 0.255 e. The van der Waals surface area contributed by atoms with E-state index >= 15 is 0 Å². The largest absolute Gasteiger partial charge is 0.325 e. The topological polar surface area (TPSA) is 58.2 Å². The molecule has 2 amide bonds. The maximum Gasteiger partial charge on any atom is 0.255 e. The Hall–Kier alpha value is -3.25. The van der Waals surface area contributed by atoms with E-state index in [2.05, 4.69) is 10.6 Å². The Labute approximate surface area is 218 Å². The molecule has 4 aromatic carbocycles. The molecule has 0 saturated carbocycles. The minimum atomic E-state index is -0.518. The van der Waals surface area contributed by atoms with E-state index in [0.29, 0.717) is 27.0 Å². The highest BCUT2D eigenvalue weighted by molar-refractivity contribution is 8.00. The van der Waals surface area contributed by atoms with Gasteiger partial charge in [0.05, 0.1) is 0 Å². The van der Waals surface area contributed by atoms with Gasteiger partial charge in [-0.3, -0.25) is 9.59 Å². The lowest BCUT2D eigenvalue weighted by Crippen LogP contribution is -2.19. The second kappa shape index (κ2) is 11.5. The third kappa shape index (κ3) is 6.67. The second-order valence-corrected chi connectivity index (χ2v) is 9.88. The van der Waals surface area contributed by atoms with Gasteiger partial charge in [0.1, 0.15) is 5.25 Å². The summed E-state index contributed by atoms with van der Waals surface area (Å²) in [7, 11) is 0. The lowest BCUT2D eigenvalue weighted by atomic mass is 10.1. The normalized spacial score (nSPS) is 11.5. The fraction of sp³-hybridized carbons (Fsp3) is 0.0714. The van der Waals surface area contributed by atoms with Gasteiger partial charge in [-0.15, -0.1) is 11.8 Å². The molecule has 0 aromatic heterocycles. The molecule has 4 rings (SSSR count). The summed E-state index contributed by atoms with van der Waals surface area (Å²) < 4.78 is 0. The van der Waals surface area contributed by atoms with Crippen LogP contribution in [0.3, 0.4) is 0 Å².